The lowest BCUT2D eigenvalue weighted by Crippen LogP contribution is -2.74. The minimum Gasteiger partial charge on any atom is -0.496 e. The van der Waals surface area contributed by atoms with Crippen LogP contribution >= 0.6 is 0 Å². The number of carbonyl (C=O) groups excluding carboxylic acids is 2. The van der Waals surface area contributed by atoms with E-state index in [1.54, 1.807) is 7.11 Å². The van der Waals surface area contributed by atoms with E-state index in [1.807, 2.05) is 48.0 Å². The summed E-state index contributed by atoms with van der Waals surface area (Å²) >= 11 is 0. The zero-order chi connectivity index (χ0) is 39.6. The number of methoxy groups -OCH3 is 3. The van der Waals surface area contributed by atoms with Crippen LogP contribution in [0.1, 0.15) is 74.8 Å². The van der Waals surface area contributed by atoms with Crippen molar-refractivity contribution in [2.45, 2.75) is 99.1 Å². The van der Waals surface area contributed by atoms with Gasteiger partial charge in [0, 0.05) is 83.4 Å². The first-order valence-electron chi connectivity index (χ1n) is 20.3. The molecule has 10 atom stereocenters. The van der Waals surface area contributed by atoms with Gasteiger partial charge in [-0.15, -0.1) is 0 Å². The highest BCUT2D eigenvalue weighted by atomic mass is 16.5. The number of piperidine rings is 1. The van der Waals surface area contributed by atoms with Gasteiger partial charge < -0.3 is 39.4 Å². The molecule has 12 nitrogen and oxygen atoms in total. The third kappa shape index (κ3) is 4.70. The van der Waals surface area contributed by atoms with Gasteiger partial charge >= 0.3 is 11.9 Å². The number of esters is 2. The Morgan fingerprint density at radius 2 is 1.71 bits per heavy atom. The van der Waals surface area contributed by atoms with Crippen molar-refractivity contribution in [3.63, 3.8) is 0 Å². The van der Waals surface area contributed by atoms with E-state index in [1.165, 1.54) is 14.2 Å². The Labute approximate surface area is 328 Å². The van der Waals surface area contributed by atoms with Crippen molar-refractivity contribution in [3.05, 3.63) is 70.9 Å². The number of H-pyrrole nitrogens is 1. The van der Waals surface area contributed by atoms with Crippen LogP contribution in [-0.2, 0) is 36.3 Å². The number of aromatic amines is 1. The molecule has 9 rings (SSSR count). The van der Waals surface area contributed by atoms with Gasteiger partial charge in [0.15, 0.2) is 5.60 Å². The molecule has 56 heavy (non-hydrogen) atoms. The molecule has 5 aliphatic heterocycles. The average molecular weight is 769 g/mol. The zero-order valence-electron chi connectivity index (χ0n) is 33.4. The maximum Gasteiger partial charge on any atom is 0.340 e. The normalized spacial score (nSPS) is 38.4. The number of ether oxygens (including phenoxy) is 3. The molecule has 6 aliphatic rings. The number of hydrogen-bond donors (Lipinski definition) is 4. The lowest BCUT2D eigenvalue weighted by Gasteiger charge is -2.60. The van der Waals surface area contributed by atoms with Gasteiger partial charge in [-0.05, 0) is 74.8 Å². The van der Waals surface area contributed by atoms with E-state index in [0.29, 0.717) is 62.2 Å². The number of rotatable bonds is 6. The average Bonchev–Trinajstić information content (AvgIpc) is 3.87. The highest BCUT2D eigenvalue weighted by Gasteiger charge is 2.75. The Balaban J connectivity index is 1.36. The molecule has 3 aromatic rings. The molecule has 6 heterocycles. The van der Waals surface area contributed by atoms with Crippen molar-refractivity contribution in [2.75, 3.05) is 59.5 Å². The molecule has 2 bridgehead atoms. The third-order valence-electron chi connectivity index (χ3n) is 15.4. The van der Waals surface area contributed by atoms with E-state index in [2.05, 4.69) is 41.1 Å². The topological polar surface area (TPSA) is 148 Å². The van der Waals surface area contributed by atoms with Crippen LogP contribution in [0.4, 0.5) is 5.69 Å². The fourth-order valence-electron chi connectivity index (χ4n) is 13.1. The molecule has 1 aliphatic carbocycles. The summed E-state index contributed by atoms with van der Waals surface area (Å²) in [7, 11) is 6.29. The standard InChI is InChI=1S/C44H56N4O8/c1-7-40-15-11-17-47-19-16-42(36(40)47)29-20-30(33(54-4)21-32(29)46(3)37(42)44(53,24-40)39(51)56-6)43(38(50)55-5)23-26-22-41(52,8-2)25-48(35(26)49)18-14-28-27-12-9-10-13-31(27)45-34(28)43/h9-13,15,20-21,26,35-37,45,49,52-53H,7-8,14,16-19,22-25H2,1-6H3/t26-,35-,36+,37+,40+,41+,42-,43-,44-/m1/s1. The summed E-state index contributed by atoms with van der Waals surface area (Å²) in [6.45, 7) is 6.45. The number of nitrogens with one attached hydrogen (secondary N) is 1. The fraction of sp³-hybridized carbons (Fsp3) is 0.591. The molecular formula is C44H56N4O8. The number of fused-ring (bicyclic) bond motifs is 6. The van der Waals surface area contributed by atoms with Crippen molar-refractivity contribution in [1.29, 1.82) is 0 Å². The number of aromatic nitrogens is 1. The molecule has 1 saturated carbocycles. The maximum absolute atomic E-state index is 15.2. The van der Waals surface area contributed by atoms with Gasteiger partial charge in [-0.3, -0.25) is 14.6 Å². The summed E-state index contributed by atoms with van der Waals surface area (Å²) in [5, 5.41) is 37.9. The molecule has 0 amide bonds. The van der Waals surface area contributed by atoms with Crippen LogP contribution in [0.5, 0.6) is 5.75 Å². The molecule has 12 heteroatoms. The molecule has 2 saturated heterocycles. The number of nitrogens with zero attached hydrogens (tertiary/aromatic N) is 3. The Morgan fingerprint density at radius 3 is 2.43 bits per heavy atom. The number of anilines is 1. The van der Waals surface area contributed by atoms with Crippen LogP contribution in [0, 0.1) is 11.3 Å². The Bertz CT molecular complexity index is 2140. The molecular weight excluding hydrogens is 713 g/mol. The summed E-state index contributed by atoms with van der Waals surface area (Å²) in [4.78, 5) is 39.5. The molecule has 4 N–H and O–H groups in total. The molecule has 0 radical (unpaired) electrons. The Hall–Kier alpha value is -3.94. The largest absolute Gasteiger partial charge is 0.496 e. The number of benzene rings is 2. The molecule has 3 fully saturated rings. The number of hydrogen-bond acceptors (Lipinski definition) is 11. The number of aliphatic hydroxyl groups is 3. The summed E-state index contributed by atoms with van der Waals surface area (Å²) in [5.41, 5.74) is -0.806. The zero-order valence-corrected chi connectivity index (χ0v) is 33.4. The number of para-hydroxylation sites is 1. The highest BCUT2D eigenvalue weighted by Crippen LogP contribution is 2.67. The first kappa shape index (κ1) is 37.6. The number of aliphatic hydroxyl groups excluding tert-OH is 1. The van der Waals surface area contributed by atoms with Crippen LogP contribution in [0.2, 0.25) is 0 Å². The summed E-state index contributed by atoms with van der Waals surface area (Å²) in [6, 6.07) is 11.4. The Morgan fingerprint density at radius 1 is 0.946 bits per heavy atom. The van der Waals surface area contributed by atoms with Crippen LogP contribution in [0.3, 0.4) is 0 Å². The minimum absolute atomic E-state index is 0.0450. The predicted octanol–water partition coefficient (Wildman–Crippen LogP) is 3.77. The molecule has 1 spiro atoms. The van der Waals surface area contributed by atoms with E-state index in [4.69, 9.17) is 14.2 Å². The van der Waals surface area contributed by atoms with Gasteiger partial charge in [0.25, 0.3) is 0 Å². The minimum atomic E-state index is -1.84. The second-order valence-electron chi connectivity index (χ2n) is 17.7. The summed E-state index contributed by atoms with van der Waals surface area (Å²) < 4.78 is 17.7. The van der Waals surface area contributed by atoms with Crippen molar-refractivity contribution >= 4 is 28.5 Å². The van der Waals surface area contributed by atoms with Crippen LogP contribution < -0.4 is 9.64 Å². The predicted molar refractivity (Wildman–Crippen MR) is 211 cm³/mol. The number of carbonyl (C=O) groups is 2. The second-order valence-corrected chi connectivity index (χ2v) is 17.7. The smallest absolute Gasteiger partial charge is 0.340 e. The van der Waals surface area contributed by atoms with E-state index >= 15 is 4.79 Å². The van der Waals surface area contributed by atoms with Crippen molar-refractivity contribution < 1.29 is 39.1 Å². The monoisotopic (exact) mass is 768 g/mol. The number of likely N-dealkylation sites (N-methyl/N-ethyl adjacent to an activating group) is 1. The van der Waals surface area contributed by atoms with E-state index in [-0.39, 0.29) is 18.9 Å². The highest BCUT2D eigenvalue weighted by molar-refractivity contribution is 5.94. The van der Waals surface area contributed by atoms with E-state index in [9.17, 15) is 20.1 Å². The van der Waals surface area contributed by atoms with Crippen molar-refractivity contribution in [1.82, 2.24) is 14.8 Å². The van der Waals surface area contributed by atoms with Gasteiger partial charge in [-0.1, -0.05) is 44.2 Å². The van der Waals surface area contributed by atoms with Crippen LogP contribution in [-0.4, -0.2) is 126 Å². The molecule has 1 unspecified atom stereocenters. The molecule has 300 valence electrons. The molecule has 1 aromatic heterocycles. The fourth-order valence-corrected chi connectivity index (χ4v) is 13.1. The van der Waals surface area contributed by atoms with Crippen molar-refractivity contribution in [3.8, 4) is 5.75 Å². The van der Waals surface area contributed by atoms with Crippen LogP contribution in [0.15, 0.2) is 48.6 Å². The summed E-state index contributed by atoms with van der Waals surface area (Å²) in [5.74, 6) is -1.22. The third-order valence-corrected chi connectivity index (χ3v) is 15.4. The van der Waals surface area contributed by atoms with Gasteiger partial charge in [-0.25, -0.2) is 4.79 Å². The van der Waals surface area contributed by atoms with Crippen molar-refractivity contribution in [2.24, 2.45) is 11.3 Å². The first-order valence-corrected chi connectivity index (χ1v) is 20.3. The Kier molecular flexibility index (Phi) is 8.59. The van der Waals surface area contributed by atoms with Gasteiger partial charge in [-0.2, -0.15) is 0 Å². The quantitative estimate of drug-likeness (QED) is 0.215. The van der Waals surface area contributed by atoms with Gasteiger partial charge in [0.2, 0.25) is 0 Å². The van der Waals surface area contributed by atoms with E-state index < -0.39 is 57.6 Å². The molecule has 2 aromatic carbocycles. The lowest BCUT2D eigenvalue weighted by atomic mass is 9.49. The SMILES string of the molecule is CC[C@]1(O)C[C@@H]2C[C@@](C(=O)OC)(c3cc4c(cc3OC)N(C)[C@H]3[C@]45CCN4CC=C[C@@](CC)(C[C@]3(O)C(=O)OC)[C@H]45)c3[nH]c4ccccc4c3CCN(C1)[C@@H]2O. The lowest BCUT2D eigenvalue weighted by molar-refractivity contribution is -0.181. The maximum atomic E-state index is 15.2. The van der Waals surface area contributed by atoms with Crippen LogP contribution in [0.25, 0.3) is 10.9 Å². The first-order chi connectivity index (χ1) is 26.8. The van der Waals surface area contributed by atoms with Gasteiger partial charge in [0.05, 0.1) is 33.0 Å². The second kappa shape index (κ2) is 12.8. The van der Waals surface area contributed by atoms with E-state index in [0.717, 1.165) is 40.8 Å². The summed E-state index contributed by atoms with van der Waals surface area (Å²) in [6.07, 6.45) is 6.53. The van der Waals surface area contributed by atoms with Gasteiger partial charge in [0.1, 0.15) is 17.4 Å².